The molecule has 0 aliphatic rings. The minimum atomic E-state index is -2.37. The van der Waals surface area contributed by atoms with Crippen LogP contribution in [0.5, 0.6) is 0 Å². The van der Waals surface area contributed by atoms with Gasteiger partial charge in [0, 0.05) is 31.8 Å². The predicted molar refractivity (Wildman–Crippen MR) is 93.0 cm³/mol. The van der Waals surface area contributed by atoms with E-state index in [4.69, 9.17) is 9.47 Å². The zero-order chi connectivity index (χ0) is 18.6. The molecule has 0 aromatic rings. The molecule has 0 fully saturated rings. The summed E-state index contributed by atoms with van der Waals surface area (Å²) in [7, 11) is -2.37. The van der Waals surface area contributed by atoms with E-state index in [0.29, 0.717) is 37.9 Å². The molecule has 0 aromatic heterocycles. The minimum absolute atomic E-state index is 0.152. The topological polar surface area (TPSA) is 89.9 Å². The Hall–Kier alpha value is -1.10. The molecule has 1 N–H and O–H groups in total. The van der Waals surface area contributed by atoms with Crippen LogP contribution in [0.25, 0.3) is 0 Å². The van der Waals surface area contributed by atoms with Gasteiger partial charge >= 0.3 is 14.0 Å². The third-order valence-corrected chi connectivity index (χ3v) is 5.01. The predicted octanol–water partition coefficient (Wildman–Crippen LogP) is 3.89. The Bertz CT molecular complexity index is 448. The quantitative estimate of drug-likeness (QED) is 0.218. The number of ketones is 1. The second-order valence-corrected chi connectivity index (χ2v) is 7.51. The van der Waals surface area contributed by atoms with Gasteiger partial charge in [-0.2, -0.15) is 4.89 Å². The first-order valence-electron chi connectivity index (χ1n) is 8.37. The van der Waals surface area contributed by atoms with Gasteiger partial charge in [-0.15, -0.1) is 0 Å². The summed E-state index contributed by atoms with van der Waals surface area (Å²) in [5.74, 6) is -0.273. The normalized spacial score (nSPS) is 13.9. The Kier molecular flexibility index (Phi) is 11.7. The highest BCUT2D eigenvalue weighted by Gasteiger charge is 2.43. The lowest BCUT2D eigenvalue weighted by molar-refractivity contribution is -0.139. The van der Waals surface area contributed by atoms with Crippen LogP contribution in [0.1, 0.15) is 65.7 Å². The molecule has 0 heterocycles. The van der Waals surface area contributed by atoms with Crippen molar-refractivity contribution in [2.75, 3.05) is 13.2 Å². The van der Waals surface area contributed by atoms with Gasteiger partial charge in [0.15, 0.2) is 0 Å². The number of unbranched alkanes of at least 4 members (excludes halogenated alkanes) is 2. The van der Waals surface area contributed by atoms with Crippen molar-refractivity contribution in [2.45, 2.75) is 71.1 Å². The summed E-state index contributed by atoms with van der Waals surface area (Å²) >= 11 is 0. The van der Waals surface area contributed by atoms with E-state index in [-0.39, 0.29) is 12.4 Å². The van der Waals surface area contributed by atoms with Gasteiger partial charge < -0.3 is 9.47 Å². The number of rotatable bonds is 14. The summed E-state index contributed by atoms with van der Waals surface area (Å²) in [6.45, 7) is 9.16. The van der Waals surface area contributed by atoms with Gasteiger partial charge in [0.05, 0.1) is 13.2 Å². The SMILES string of the molecule is C=C(C)C(=O)OCCCC(=O)CCCCCOC(C)(CC)[P+](=O)O. The lowest BCUT2D eigenvalue weighted by Crippen LogP contribution is -2.23. The maximum Gasteiger partial charge on any atom is 0.540 e. The van der Waals surface area contributed by atoms with Crippen molar-refractivity contribution in [2.24, 2.45) is 0 Å². The number of hydrogen-bond acceptors (Lipinski definition) is 5. The van der Waals surface area contributed by atoms with Crippen LogP contribution in [0.3, 0.4) is 0 Å². The molecule has 2 atom stereocenters. The minimum Gasteiger partial charge on any atom is -0.462 e. The van der Waals surface area contributed by atoms with Gasteiger partial charge in [-0.05, 0) is 30.8 Å². The van der Waals surface area contributed by atoms with Crippen molar-refractivity contribution < 1.29 is 28.5 Å². The smallest absolute Gasteiger partial charge is 0.462 e. The van der Waals surface area contributed by atoms with Crippen molar-refractivity contribution in [3.8, 4) is 0 Å². The van der Waals surface area contributed by atoms with Crippen LogP contribution in [-0.2, 0) is 23.6 Å². The van der Waals surface area contributed by atoms with Crippen LogP contribution < -0.4 is 0 Å². The first kappa shape index (κ1) is 22.9. The number of esters is 1. The van der Waals surface area contributed by atoms with Crippen molar-refractivity contribution in [3.05, 3.63) is 12.2 Å². The van der Waals surface area contributed by atoms with Crippen LogP contribution >= 0.6 is 8.03 Å². The molecule has 6 nitrogen and oxygen atoms in total. The van der Waals surface area contributed by atoms with Crippen molar-refractivity contribution in [3.63, 3.8) is 0 Å². The van der Waals surface area contributed by atoms with E-state index in [1.165, 1.54) is 0 Å². The van der Waals surface area contributed by atoms with E-state index in [9.17, 15) is 19.0 Å². The fourth-order valence-electron chi connectivity index (χ4n) is 1.87. The van der Waals surface area contributed by atoms with Crippen LogP contribution in [-0.4, -0.2) is 35.2 Å². The third kappa shape index (κ3) is 9.91. The van der Waals surface area contributed by atoms with Gasteiger partial charge in [-0.25, -0.2) is 4.79 Å². The summed E-state index contributed by atoms with van der Waals surface area (Å²) in [6.07, 6.45) is 4.25. The van der Waals surface area contributed by atoms with Crippen molar-refractivity contribution in [1.82, 2.24) is 0 Å². The molecule has 24 heavy (non-hydrogen) atoms. The Labute approximate surface area is 145 Å². The summed E-state index contributed by atoms with van der Waals surface area (Å²) < 4.78 is 21.6. The number of carbonyl (C=O) groups is 2. The lowest BCUT2D eigenvalue weighted by atomic mass is 10.1. The largest absolute Gasteiger partial charge is 0.540 e. The Balaban J connectivity index is 3.64. The molecule has 0 spiro atoms. The van der Waals surface area contributed by atoms with Gasteiger partial charge in [0.25, 0.3) is 5.34 Å². The van der Waals surface area contributed by atoms with E-state index >= 15 is 0 Å². The fraction of sp³-hybridized carbons (Fsp3) is 0.765. The van der Waals surface area contributed by atoms with Crippen molar-refractivity contribution >= 4 is 19.8 Å². The first-order valence-corrected chi connectivity index (χ1v) is 9.58. The maximum atomic E-state index is 11.7. The number of Topliss-reactive ketones (excluding diaryl/α,β-unsaturated/α-hetero) is 1. The highest BCUT2D eigenvalue weighted by atomic mass is 31.1. The second-order valence-electron chi connectivity index (χ2n) is 6.02. The van der Waals surface area contributed by atoms with E-state index in [0.717, 1.165) is 19.3 Å². The molecule has 0 saturated carbocycles. The average Bonchev–Trinajstić information content (AvgIpc) is 2.53. The first-order chi connectivity index (χ1) is 11.2. The zero-order valence-electron chi connectivity index (χ0n) is 15.0. The second kappa shape index (κ2) is 12.3. The standard InChI is InChI=1S/C17H29O6P/c1-5-17(4,24(20)21)23-13-8-6-7-10-15(18)11-9-12-22-16(19)14(2)3/h2,5-13H2,1,3-4H3/p+1. The van der Waals surface area contributed by atoms with Crippen molar-refractivity contribution in [1.29, 1.82) is 0 Å². The van der Waals surface area contributed by atoms with Crippen LogP contribution in [0.4, 0.5) is 0 Å². The van der Waals surface area contributed by atoms with E-state index in [1.54, 1.807) is 13.8 Å². The molecular weight excluding hydrogens is 331 g/mol. The molecule has 138 valence electrons. The summed E-state index contributed by atoms with van der Waals surface area (Å²) in [6, 6.07) is 0. The molecule has 0 rings (SSSR count). The highest BCUT2D eigenvalue weighted by Crippen LogP contribution is 2.38. The molecule has 7 heteroatoms. The van der Waals surface area contributed by atoms with Crippen LogP contribution in [0, 0.1) is 0 Å². The highest BCUT2D eigenvalue weighted by molar-refractivity contribution is 7.39. The number of carbonyl (C=O) groups excluding carboxylic acids is 2. The molecule has 0 radical (unpaired) electrons. The molecule has 0 saturated heterocycles. The average molecular weight is 361 g/mol. The third-order valence-electron chi connectivity index (χ3n) is 3.76. The van der Waals surface area contributed by atoms with Crippen LogP contribution in [0.2, 0.25) is 0 Å². The van der Waals surface area contributed by atoms with Gasteiger partial charge in [-0.3, -0.25) is 4.79 Å². The summed E-state index contributed by atoms with van der Waals surface area (Å²) in [5, 5.41) is -0.980. The number of ether oxygens (including phenoxy) is 2. The molecule has 0 amide bonds. The molecule has 0 bridgehead atoms. The molecular formula is C17H30O6P+. The molecule has 2 unspecified atom stereocenters. The Morgan fingerprint density at radius 3 is 2.29 bits per heavy atom. The number of hydrogen-bond donors (Lipinski definition) is 1. The summed E-state index contributed by atoms with van der Waals surface area (Å²) in [5.41, 5.74) is 0.355. The zero-order valence-corrected chi connectivity index (χ0v) is 15.9. The van der Waals surface area contributed by atoms with E-state index in [2.05, 4.69) is 6.58 Å². The van der Waals surface area contributed by atoms with Gasteiger partial charge in [0.1, 0.15) is 5.78 Å². The maximum absolute atomic E-state index is 11.7. The van der Waals surface area contributed by atoms with Crippen LogP contribution in [0.15, 0.2) is 12.2 Å². The molecule has 0 aliphatic carbocycles. The lowest BCUT2D eigenvalue weighted by Gasteiger charge is -2.15. The monoisotopic (exact) mass is 361 g/mol. The summed E-state index contributed by atoms with van der Waals surface area (Å²) in [4.78, 5) is 32.0. The van der Waals surface area contributed by atoms with E-state index < -0.39 is 19.3 Å². The fourth-order valence-corrected chi connectivity index (χ4v) is 2.34. The molecule has 0 aliphatic heterocycles. The van der Waals surface area contributed by atoms with Gasteiger partial charge in [0.2, 0.25) is 0 Å². The Morgan fingerprint density at radius 1 is 1.12 bits per heavy atom. The van der Waals surface area contributed by atoms with E-state index in [1.807, 2.05) is 6.92 Å². The van der Waals surface area contributed by atoms with Gasteiger partial charge in [-0.1, -0.05) is 19.9 Å². The Morgan fingerprint density at radius 2 is 1.75 bits per heavy atom. The molecule has 0 aromatic carbocycles.